The van der Waals surface area contributed by atoms with Crippen LogP contribution < -0.4 is 15.8 Å². The lowest BCUT2D eigenvalue weighted by Gasteiger charge is -2.12. The second kappa shape index (κ2) is 5.10. The largest absolute Gasteiger partial charge is 0.495 e. The van der Waals surface area contributed by atoms with Crippen molar-refractivity contribution in [2.45, 2.75) is 6.92 Å². The molecule has 0 radical (unpaired) electrons. The molecule has 1 aromatic heterocycles. The van der Waals surface area contributed by atoms with E-state index < -0.39 is 0 Å². The minimum absolute atomic E-state index is 0.152. The highest BCUT2D eigenvalue weighted by Gasteiger charge is 2.10. The molecule has 0 fully saturated rings. The van der Waals surface area contributed by atoms with Crippen LogP contribution in [0, 0.1) is 6.92 Å². The average molecular weight is 265 g/mol. The van der Waals surface area contributed by atoms with E-state index in [1.807, 2.05) is 24.3 Å². The highest BCUT2D eigenvalue weighted by molar-refractivity contribution is 6.28. The first kappa shape index (κ1) is 12.4. The van der Waals surface area contributed by atoms with E-state index in [9.17, 15) is 0 Å². The van der Waals surface area contributed by atoms with Gasteiger partial charge in [0.15, 0.2) is 5.82 Å². The van der Waals surface area contributed by atoms with Gasteiger partial charge in [0, 0.05) is 0 Å². The quantitative estimate of drug-likeness (QED) is 0.834. The Bertz CT molecular complexity index is 574. The summed E-state index contributed by atoms with van der Waals surface area (Å²) >= 11 is 5.81. The summed E-state index contributed by atoms with van der Waals surface area (Å²) in [5.41, 5.74) is 7.76. The molecule has 1 heterocycles. The molecule has 1 aromatic carbocycles. The molecule has 18 heavy (non-hydrogen) atoms. The minimum atomic E-state index is 0.152. The van der Waals surface area contributed by atoms with E-state index in [4.69, 9.17) is 22.1 Å². The third-order valence-electron chi connectivity index (χ3n) is 2.47. The van der Waals surface area contributed by atoms with E-state index in [1.54, 1.807) is 14.0 Å². The lowest BCUT2D eigenvalue weighted by atomic mass is 10.2. The number of nitrogens with zero attached hydrogens (tertiary/aromatic N) is 2. The Morgan fingerprint density at radius 2 is 2.00 bits per heavy atom. The number of nitrogen functional groups attached to an aromatic ring is 1. The van der Waals surface area contributed by atoms with Crippen molar-refractivity contribution >= 4 is 28.8 Å². The van der Waals surface area contributed by atoms with E-state index in [0.29, 0.717) is 22.9 Å². The Kier molecular flexibility index (Phi) is 3.53. The number of para-hydroxylation sites is 2. The van der Waals surface area contributed by atoms with Crippen molar-refractivity contribution in [1.82, 2.24) is 9.97 Å². The zero-order chi connectivity index (χ0) is 13.1. The van der Waals surface area contributed by atoms with Gasteiger partial charge in [-0.3, -0.25) is 0 Å². The van der Waals surface area contributed by atoms with Crippen molar-refractivity contribution < 1.29 is 4.74 Å². The first-order valence-electron chi connectivity index (χ1n) is 5.31. The highest BCUT2D eigenvalue weighted by Crippen LogP contribution is 2.29. The number of nitrogens with one attached hydrogen (secondary N) is 1. The molecule has 0 saturated carbocycles. The standard InChI is InChI=1S/C12H13ClN4O/c1-7-10(14)11(17-12(13)15-7)16-8-5-3-4-6-9(8)18-2/h3-6H,14H2,1-2H3,(H,15,16,17). The van der Waals surface area contributed by atoms with E-state index in [1.165, 1.54) is 0 Å². The van der Waals surface area contributed by atoms with Gasteiger partial charge in [0.25, 0.3) is 0 Å². The van der Waals surface area contributed by atoms with E-state index in [2.05, 4.69) is 15.3 Å². The molecule has 6 heteroatoms. The maximum Gasteiger partial charge on any atom is 0.224 e. The fraction of sp³-hybridized carbons (Fsp3) is 0.167. The number of hydrogen-bond donors (Lipinski definition) is 2. The number of halogens is 1. The molecule has 0 aliphatic carbocycles. The van der Waals surface area contributed by atoms with Gasteiger partial charge in [-0.1, -0.05) is 12.1 Å². The van der Waals surface area contributed by atoms with Crippen LogP contribution >= 0.6 is 11.6 Å². The number of anilines is 3. The fourth-order valence-electron chi connectivity index (χ4n) is 1.52. The number of nitrogens with two attached hydrogens (primary N) is 1. The summed E-state index contributed by atoms with van der Waals surface area (Å²) in [6.07, 6.45) is 0. The van der Waals surface area contributed by atoms with Crippen molar-refractivity contribution in [3.63, 3.8) is 0 Å². The van der Waals surface area contributed by atoms with Gasteiger partial charge < -0.3 is 15.8 Å². The van der Waals surface area contributed by atoms with Gasteiger partial charge in [-0.2, -0.15) is 4.98 Å². The van der Waals surface area contributed by atoms with E-state index >= 15 is 0 Å². The Hall–Kier alpha value is -2.01. The van der Waals surface area contributed by atoms with Gasteiger partial charge >= 0.3 is 0 Å². The number of benzene rings is 1. The summed E-state index contributed by atoms with van der Waals surface area (Å²) < 4.78 is 5.24. The van der Waals surface area contributed by atoms with Gasteiger partial charge in [0.1, 0.15) is 5.75 Å². The Balaban J connectivity index is 2.40. The maximum atomic E-state index is 5.90. The predicted octanol–water partition coefficient (Wildman–Crippen LogP) is 2.77. The van der Waals surface area contributed by atoms with Gasteiger partial charge in [0.2, 0.25) is 5.28 Å². The van der Waals surface area contributed by atoms with Crippen LogP contribution in [0.4, 0.5) is 17.2 Å². The molecular weight excluding hydrogens is 252 g/mol. The van der Waals surface area contributed by atoms with Gasteiger partial charge in [-0.25, -0.2) is 4.98 Å². The Labute approximate surface area is 110 Å². The second-order valence-corrected chi connectivity index (χ2v) is 4.00. The number of aryl methyl sites for hydroxylation is 1. The van der Waals surface area contributed by atoms with Gasteiger partial charge in [-0.15, -0.1) is 0 Å². The molecular formula is C12H13ClN4O. The first-order chi connectivity index (χ1) is 8.61. The van der Waals surface area contributed by atoms with Crippen LogP contribution in [0.15, 0.2) is 24.3 Å². The van der Waals surface area contributed by atoms with Crippen LogP contribution in [0.5, 0.6) is 5.75 Å². The zero-order valence-corrected chi connectivity index (χ0v) is 10.8. The van der Waals surface area contributed by atoms with E-state index in [-0.39, 0.29) is 5.28 Å². The molecule has 0 bridgehead atoms. The second-order valence-electron chi connectivity index (χ2n) is 3.67. The molecule has 0 atom stereocenters. The molecule has 0 aliphatic heterocycles. The van der Waals surface area contributed by atoms with Crippen molar-refractivity contribution in [2.75, 3.05) is 18.2 Å². The normalized spacial score (nSPS) is 10.2. The fourth-order valence-corrected chi connectivity index (χ4v) is 1.73. The number of ether oxygens (including phenoxy) is 1. The molecule has 0 spiro atoms. The van der Waals surface area contributed by atoms with Crippen molar-refractivity contribution in [3.05, 3.63) is 35.2 Å². The minimum Gasteiger partial charge on any atom is -0.495 e. The van der Waals surface area contributed by atoms with Crippen molar-refractivity contribution in [3.8, 4) is 5.75 Å². The summed E-state index contributed by atoms with van der Waals surface area (Å²) in [5.74, 6) is 1.17. The lowest BCUT2D eigenvalue weighted by molar-refractivity contribution is 0.417. The van der Waals surface area contributed by atoms with Crippen LogP contribution in [0.25, 0.3) is 0 Å². The molecule has 0 saturated heterocycles. The number of aromatic nitrogens is 2. The first-order valence-corrected chi connectivity index (χ1v) is 5.69. The van der Waals surface area contributed by atoms with Gasteiger partial charge in [0.05, 0.1) is 24.2 Å². The molecule has 3 N–H and O–H groups in total. The summed E-state index contributed by atoms with van der Waals surface area (Å²) in [7, 11) is 1.60. The highest BCUT2D eigenvalue weighted by atomic mass is 35.5. The van der Waals surface area contributed by atoms with Crippen LogP contribution in [0.2, 0.25) is 5.28 Å². The lowest BCUT2D eigenvalue weighted by Crippen LogP contribution is -2.04. The summed E-state index contributed by atoms with van der Waals surface area (Å²) in [5, 5.41) is 3.24. The Morgan fingerprint density at radius 3 is 2.72 bits per heavy atom. The zero-order valence-electron chi connectivity index (χ0n) is 10.1. The number of methoxy groups -OCH3 is 1. The Morgan fingerprint density at radius 1 is 1.28 bits per heavy atom. The predicted molar refractivity (Wildman–Crippen MR) is 72.5 cm³/mol. The summed E-state index contributed by atoms with van der Waals surface area (Å²) in [6.45, 7) is 1.77. The van der Waals surface area contributed by atoms with Gasteiger partial charge in [-0.05, 0) is 30.7 Å². The van der Waals surface area contributed by atoms with E-state index in [0.717, 1.165) is 5.69 Å². The van der Waals surface area contributed by atoms with Crippen LogP contribution in [0.1, 0.15) is 5.69 Å². The number of hydrogen-bond acceptors (Lipinski definition) is 5. The molecule has 2 rings (SSSR count). The summed E-state index contributed by atoms with van der Waals surface area (Å²) in [6, 6.07) is 7.47. The third kappa shape index (κ3) is 2.46. The molecule has 2 aromatic rings. The van der Waals surface area contributed by atoms with Crippen LogP contribution in [0.3, 0.4) is 0 Å². The molecule has 0 aliphatic rings. The number of rotatable bonds is 3. The van der Waals surface area contributed by atoms with Crippen LogP contribution in [-0.2, 0) is 0 Å². The molecule has 5 nitrogen and oxygen atoms in total. The monoisotopic (exact) mass is 264 g/mol. The van der Waals surface area contributed by atoms with Crippen molar-refractivity contribution in [1.29, 1.82) is 0 Å². The smallest absolute Gasteiger partial charge is 0.224 e. The maximum absolute atomic E-state index is 5.90. The third-order valence-corrected chi connectivity index (χ3v) is 2.64. The SMILES string of the molecule is COc1ccccc1Nc1nc(Cl)nc(C)c1N. The van der Waals surface area contributed by atoms with Crippen LogP contribution in [-0.4, -0.2) is 17.1 Å². The molecule has 94 valence electrons. The topological polar surface area (TPSA) is 73.1 Å². The molecule has 0 unspecified atom stereocenters. The molecule has 0 amide bonds. The average Bonchev–Trinajstić information content (AvgIpc) is 2.36. The van der Waals surface area contributed by atoms with Crippen molar-refractivity contribution in [2.24, 2.45) is 0 Å². The summed E-state index contributed by atoms with van der Waals surface area (Å²) in [4.78, 5) is 8.04.